The van der Waals surface area contributed by atoms with Gasteiger partial charge in [0.2, 0.25) is 11.0 Å². The van der Waals surface area contributed by atoms with E-state index in [1.54, 1.807) is 0 Å². The number of benzene rings is 1. The number of carboxylic acids is 1. The lowest BCUT2D eigenvalue weighted by Gasteiger charge is -2.16. The second-order valence-corrected chi connectivity index (χ2v) is 5.13. The molecule has 1 aromatic carbocycles. The molecule has 8 heteroatoms. The second-order valence-electron chi connectivity index (χ2n) is 5.13. The lowest BCUT2D eigenvalue weighted by atomic mass is 10.0. The number of nitrogens with zero attached hydrogens (tertiary/aromatic N) is 2. The molecule has 1 amide bonds. The van der Waals surface area contributed by atoms with E-state index in [4.69, 9.17) is 5.11 Å². The Kier molecular flexibility index (Phi) is 4.06. The first-order valence-electron chi connectivity index (χ1n) is 6.41. The molecule has 2 aromatic rings. The normalized spacial score (nSPS) is 12.5. The van der Waals surface area contributed by atoms with Crippen LogP contribution in [0.15, 0.2) is 22.8 Å². The van der Waals surface area contributed by atoms with Gasteiger partial charge >= 0.3 is 5.97 Å². The van der Waals surface area contributed by atoms with Gasteiger partial charge in [0.15, 0.2) is 0 Å². The molecule has 1 aromatic heterocycles. The van der Waals surface area contributed by atoms with Crippen LogP contribution >= 0.6 is 0 Å². The van der Waals surface area contributed by atoms with Gasteiger partial charge < -0.3 is 15.6 Å². The van der Waals surface area contributed by atoms with Gasteiger partial charge in [-0.1, -0.05) is 13.8 Å². The van der Waals surface area contributed by atoms with Crippen LogP contribution in [0.4, 0.5) is 0 Å². The fourth-order valence-electron chi connectivity index (χ4n) is 1.95. The summed E-state index contributed by atoms with van der Waals surface area (Å²) < 4.78 is 4.41. The number of rotatable bonds is 5. The van der Waals surface area contributed by atoms with Crippen molar-refractivity contribution in [1.29, 1.82) is 0 Å². The molecule has 8 nitrogen and oxygen atoms in total. The molecule has 0 saturated heterocycles. The molecule has 1 heterocycles. The molecule has 2 rings (SSSR count). The first-order valence-corrected chi connectivity index (χ1v) is 6.41. The predicted octanol–water partition coefficient (Wildman–Crippen LogP) is 0.690. The molecular weight excluding hydrogens is 278 g/mol. The third kappa shape index (κ3) is 3.28. The van der Waals surface area contributed by atoms with Crippen molar-refractivity contribution in [2.24, 2.45) is 5.92 Å². The smallest absolute Gasteiger partial charge is 0.326 e. The van der Waals surface area contributed by atoms with Gasteiger partial charge in [0.05, 0.1) is 0 Å². The largest absolute Gasteiger partial charge is 0.480 e. The van der Waals surface area contributed by atoms with Crippen molar-refractivity contribution in [3.8, 4) is 0 Å². The van der Waals surface area contributed by atoms with Crippen molar-refractivity contribution in [2.75, 3.05) is 0 Å². The van der Waals surface area contributed by atoms with Gasteiger partial charge in [-0.25, -0.2) is 4.79 Å². The zero-order chi connectivity index (χ0) is 15.6. The minimum absolute atomic E-state index is 0.129. The molecule has 0 aliphatic heterocycles. The molecule has 0 unspecified atom stereocenters. The summed E-state index contributed by atoms with van der Waals surface area (Å²) in [4.78, 5) is 23.4. The van der Waals surface area contributed by atoms with Gasteiger partial charge in [0, 0.05) is 16.8 Å². The van der Waals surface area contributed by atoms with Gasteiger partial charge in [0.25, 0.3) is 5.91 Å². The number of hydrogen-bond acceptors (Lipinski definition) is 5. The van der Waals surface area contributed by atoms with Crippen LogP contribution in [0.5, 0.6) is 0 Å². The highest BCUT2D eigenvalue weighted by molar-refractivity contribution is 5.98. The summed E-state index contributed by atoms with van der Waals surface area (Å²) in [6.45, 7) is 3.74. The molecule has 0 saturated carbocycles. The Morgan fingerprint density at radius 1 is 1.48 bits per heavy atom. The van der Waals surface area contributed by atoms with E-state index in [0.717, 1.165) is 0 Å². The lowest BCUT2D eigenvalue weighted by Crippen LogP contribution is -2.41. The van der Waals surface area contributed by atoms with Gasteiger partial charge in [-0.2, -0.15) is 0 Å². The number of aromatic nitrogens is 2. The number of carbonyl (C=O) groups is 2. The van der Waals surface area contributed by atoms with Gasteiger partial charge in [-0.3, -0.25) is 9.42 Å². The molecule has 2 N–H and O–H groups in total. The van der Waals surface area contributed by atoms with Gasteiger partial charge in [0.1, 0.15) is 6.04 Å². The number of carbonyl (C=O) groups excluding carboxylic acids is 1. The highest BCUT2D eigenvalue weighted by Gasteiger charge is 2.22. The van der Waals surface area contributed by atoms with E-state index in [0.29, 0.717) is 6.42 Å². The van der Waals surface area contributed by atoms with Crippen molar-refractivity contribution in [1.82, 2.24) is 10.5 Å². The maximum absolute atomic E-state index is 12.1. The highest BCUT2D eigenvalue weighted by Crippen LogP contribution is 2.12. The van der Waals surface area contributed by atoms with Crippen LogP contribution in [0.25, 0.3) is 11.0 Å². The van der Waals surface area contributed by atoms with Crippen molar-refractivity contribution in [2.45, 2.75) is 26.3 Å². The standard InChI is InChI=1S/C13H15N3O5/c1-7(2)5-10(13(18)19)14-12(17)8-3-4-11-9(6-8)15-21-16(11)20/h3-4,6-7,10H,5H2,1-2H3,(H,14,17)(H,18,19)/t10-/m0/s1. The lowest BCUT2D eigenvalue weighted by molar-refractivity contribution is -0.782. The highest BCUT2D eigenvalue weighted by atomic mass is 16.8. The first kappa shape index (κ1) is 14.8. The summed E-state index contributed by atoms with van der Waals surface area (Å²) in [5.41, 5.74) is 0.642. The molecule has 0 fully saturated rings. The molecule has 0 aliphatic carbocycles. The third-order valence-corrected chi connectivity index (χ3v) is 2.96. The van der Waals surface area contributed by atoms with E-state index >= 15 is 0 Å². The molecule has 112 valence electrons. The average Bonchev–Trinajstić information content (AvgIpc) is 2.78. The van der Waals surface area contributed by atoms with E-state index in [1.807, 2.05) is 13.8 Å². The molecular formula is C13H15N3O5. The summed E-state index contributed by atoms with van der Waals surface area (Å²) in [5.74, 6) is -1.49. The number of nitrogens with one attached hydrogen (secondary N) is 1. The van der Waals surface area contributed by atoms with E-state index in [1.165, 1.54) is 18.2 Å². The van der Waals surface area contributed by atoms with E-state index in [2.05, 4.69) is 15.1 Å². The van der Waals surface area contributed by atoms with Crippen LogP contribution in [-0.4, -0.2) is 28.2 Å². The number of carboxylic acid groups (broad SMARTS) is 1. The van der Waals surface area contributed by atoms with Crippen LogP contribution in [0, 0.1) is 11.1 Å². The van der Waals surface area contributed by atoms with E-state index in [9.17, 15) is 14.8 Å². The molecule has 0 aliphatic rings. The minimum Gasteiger partial charge on any atom is -0.480 e. The van der Waals surface area contributed by atoms with Crippen LogP contribution in [0.1, 0.15) is 30.6 Å². The maximum atomic E-state index is 12.1. The Morgan fingerprint density at radius 3 is 2.81 bits per heavy atom. The molecule has 1 atom stereocenters. The monoisotopic (exact) mass is 293 g/mol. The van der Waals surface area contributed by atoms with Crippen molar-refractivity contribution >= 4 is 22.9 Å². The fraction of sp³-hybridized carbons (Fsp3) is 0.385. The summed E-state index contributed by atoms with van der Waals surface area (Å²) in [7, 11) is 0. The Hall–Kier alpha value is -2.64. The zero-order valence-corrected chi connectivity index (χ0v) is 11.6. The summed E-state index contributed by atoms with van der Waals surface area (Å²) in [6.07, 6.45) is 0.327. The minimum atomic E-state index is -1.09. The van der Waals surface area contributed by atoms with E-state index in [-0.39, 0.29) is 27.4 Å². The predicted molar refractivity (Wildman–Crippen MR) is 71.3 cm³/mol. The quantitative estimate of drug-likeness (QED) is 0.783. The van der Waals surface area contributed by atoms with Crippen molar-refractivity contribution in [3.05, 3.63) is 29.0 Å². The Balaban J connectivity index is 2.18. The second kappa shape index (κ2) is 5.78. The molecule has 0 bridgehead atoms. The summed E-state index contributed by atoms with van der Waals surface area (Å²) in [5, 5.41) is 26.2. The Bertz CT molecular complexity index is 679. The first-order chi connectivity index (χ1) is 9.88. The zero-order valence-electron chi connectivity index (χ0n) is 11.6. The number of hydrogen-bond donors (Lipinski definition) is 2. The number of fused-ring (bicyclic) bond motifs is 1. The SMILES string of the molecule is CC(C)C[C@H](NC(=O)c1ccc2c(c1)no[n+]2[O-])C(=O)O. The molecule has 0 spiro atoms. The fourth-order valence-corrected chi connectivity index (χ4v) is 1.95. The van der Waals surface area contributed by atoms with Gasteiger partial charge in [-0.05, 0) is 29.4 Å². The average molecular weight is 293 g/mol. The van der Waals surface area contributed by atoms with Crippen LogP contribution in [-0.2, 0) is 4.79 Å². The van der Waals surface area contributed by atoms with Crippen molar-refractivity contribution in [3.63, 3.8) is 0 Å². The Morgan fingerprint density at radius 2 is 2.19 bits per heavy atom. The molecule has 21 heavy (non-hydrogen) atoms. The topological polar surface area (TPSA) is 119 Å². The Labute approximate surface area is 119 Å². The van der Waals surface area contributed by atoms with Crippen LogP contribution < -0.4 is 10.2 Å². The van der Waals surface area contributed by atoms with Gasteiger partial charge in [-0.15, -0.1) is 0 Å². The summed E-state index contributed by atoms with van der Waals surface area (Å²) >= 11 is 0. The van der Waals surface area contributed by atoms with Crippen molar-refractivity contribution < 1.29 is 24.2 Å². The van der Waals surface area contributed by atoms with Crippen LogP contribution in [0.3, 0.4) is 0 Å². The summed E-state index contributed by atoms with van der Waals surface area (Å²) in [6, 6.07) is 3.22. The number of aliphatic carboxylic acids is 1. The molecule has 0 radical (unpaired) electrons. The van der Waals surface area contributed by atoms with Crippen LogP contribution in [0.2, 0.25) is 0 Å². The third-order valence-electron chi connectivity index (χ3n) is 2.96. The maximum Gasteiger partial charge on any atom is 0.326 e. The number of amides is 1. The van der Waals surface area contributed by atoms with E-state index < -0.39 is 17.9 Å².